The van der Waals surface area contributed by atoms with Crippen LogP contribution in [0.3, 0.4) is 0 Å². The Labute approximate surface area is 112 Å². The number of ether oxygens (including phenoxy) is 1. The lowest BCUT2D eigenvalue weighted by Gasteiger charge is -2.08. The summed E-state index contributed by atoms with van der Waals surface area (Å²) in [6.07, 6.45) is 1.79. The lowest BCUT2D eigenvalue weighted by atomic mass is 10.1. The molecule has 1 aromatic carbocycles. The summed E-state index contributed by atoms with van der Waals surface area (Å²) >= 11 is 6.01. The van der Waals surface area contributed by atoms with E-state index in [1.807, 2.05) is 30.3 Å². The van der Waals surface area contributed by atoms with E-state index in [2.05, 4.69) is 17.2 Å². The van der Waals surface area contributed by atoms with Crippen molar-refractivity contribution in [3.63, 3.8) is 0 Å². The van der Waals surface area contributed by atoms with E-state index in [1.165, 1.54) is 0 Å². The van der Waals surface area contributed by atoms with Crippen LogP contribution in [0.5, 0.6) is 5.75 Å². The van der Waals surface area contributed by atoms with Crippen LogP contribution in [-0.4, -0.2) is 18.6 Å². The standard InChI is InChI=1S/C14H15ClN2O/c1-3-16-11-6-7-17-13(9-11)10-4-5-12(15)14(8-10)18-2/h4-9H,3H2,1-2H3,(H,16,17). The van der Waals surface area contributed by atoms with Crippen LogP contribution in [0.15, 0.2) is 36.5 Å². The van der Waals surface area contributed by atoms with E-state index in [0.29, 0.717) is 10.8 Å². The Balaban J connectivity index is 2.38. The summed E-state index contributed by atoms with van der Waals surface area (Å²) in [5, 5.41) is 3.86. The maximum atomic E-state index is 6.01. The van der Waals surface area contributed by atoms with E-state index in [1.54, 1.807) is 13.3 Å². The monoisotopic (exact) mass is 262 g/mol. The molecule has 1 N–H and O–H groups in total. The number of anilines is 1. The van der Waals surface area contributed by atoms with Gasteiger partial charge in [-0.3, -0.25) is 4.98 Å². The zero-order chi connectivity index (χ0) is 13.0. The number of rotatable bonds is 4. The third-order valence-corrected chi connectivity index (χ3v) is 2.90. The van der Waals surface area contributed by atoms with Crippen molar-refractivity contribution >= 4 is 17.3 Å². The van der Waals surface area contributed by atoms with Gasteiger partial charge in [0.15, 0.2) is 0 Å². The molecule has 1 heterocycles. The van der Waals surface area contributed by atoms with Gasteiger partial charge in [0.1, 0.15) is 5.75 Å². The first-order valence-corrected chi connectivity index (χ1v) is 6.16. The largest absolute Gasteiger partial charge is 0.495 e. The van der Waals surface area contributed by atoms with Crippen LogP contribution < -0.4 is 10.1 Å². The summed E-state index contributed by atoms with van der Waals surface area (Å²) in [7, 11) is 1.60. The fourth-order valence-electron chi connectivity index (χ4n) is 1.72. The second-order valence-electron chi connectivity index (χ2n) is 3.81. The minimum Gasteiger partial charge on any atom is -0.495 e. The van der Waals surface area contributed by atoms with E-state index >= 15 is 0 Å². The Morgan fingerprint density at radius 1 is 1.28 bits per heavy atom. The third kappa shape index (κ3) is 2.74. The van der Waals surface area contributed by atoms with Gasteiger partial charge in [0.25, 0.3) is 0 Å². The molecule has 0 bridgehead atoms. The average molecular weight is 263 g/mol. The van der Waals surface area contributed by atoms with Crippen LogP contribution in [-0.2, 0) is 0 Å². The van der Waals surface area contributed by atoms with Crippen molar-refractivity contribution < 1.29 is 4.74 Å². The second kappa shape index (κ2) is 5.74. The number of aromatic nitrogens is 1. The van der Waals surface area contributed by atoms with Crippen LogP contribution in [0, 0.1) is 0 Å². The molecule has 0 unspecified atom stereocenters. The van der Waals surface area contributed by atoms with Crippen molar-refractivity contribution in [2.45, 2.75) is 6.92 Å². The predicted octanol–water partition coefficient (Wildman–Crippen LogP) is 3.84. The van der Waals surface area contributed by atoms with Gasteiger partial charge in [-0.25, -0.2) is 0 Å². The van der Waals surface area contributed by atoms with Gasteiger partial charge in [-0.05, 0) is 31.2 Å². The quantitative estimate of drug-likeness (QED) is 0.909. The van der Waals surface area contributed by atoms with E-state index in [0.717, 1.165) is 23.5 Å². The van der Waals surface area contributed by atoms with Gasteiger partial charge in [0.05, 0.1) is 17.8 Å². The van der Waals surface area contributed by atoms with Gasteiger partial charge in [0.2, 0.25) is 0 Å². The van der Waals surface area contributed by atoms with Crippen molar-refractivity contribution in [2.24, 2.45) is 0 Å². The Kier molecular flexibility index (Phi) is 4.05. The molecular formula is C14H15ClN2O. The molecule has 0 aliphatic rings. The maximum absolute atomic E-state index is 6.01. The first-order valence-electron chi connectivity index (χ1n) is 5.78. The van der Waals surface area contributed by atoms with Crippen LogP contribution >= 0.6 is 11.6 Å². The average Bonchev–Trinajstić information content (AvgIpc) is 2.40. The topological polar surface area (TPSA) is 34.2 Å². The van der Waals surface area contributed by atoms with Crippen LogP contribution in [0.2, 0.25) is 5.02 Å². The number of nitrogens with zero attached hydrogens (tertiary/aromatic N) is 1. The summed E-state index contributed by atoms with van der Waals surface area (Å²) in [5.41, 5.74) is 2.93. The number of benzene rings is 1. The highest BCUT2D eigenvalue weighted by Crippen LogP contribution is 2.30. The lowest BCUT2D eigenvalue weighted by molar-refractivity contribution is 0.415. The van der Waals surface area contributed by atoms with E-state index < -0.39 is 0 Å². The highest BCUT2D eigenvalue weighted by Gasteiger charge is 2.05. The normalized spacial score (nSPS) is 10.2. The van der Waals surface area contributed by atoms with E-state index in [9.17, 15) is 0 Å². The Bertz CT molecular complexity index is 543. The highest BCUT2D eigenvalue weighted by molar-refractivity contribution is 6.32. The molecule has 2 rings (SSSR count). The van der Waals surface area contributed by atoms with Gasteiger partial charge in [0, 0.05) is 24.0 Å². The molecule has 94 valence electrons. The Morgan fingerprint density at radius 3 is 2.83 bits per heavy atom. The van der Waals surface area contributed by atoms with E-state index in [-0.39, 0.29) is 0 Å². The van der Waals surface area contributed by atoms with Gasteiger partial charge < -0.3 is 10.1 Å². The molecule has 4 heteroatoms. The molecule has 0 fully saturated rings. The lowest BCUT2D eigenvalue weighted by Crippen LogP contribution is -1.97. The molecular weight excluding hydrogens is 248 g/mol. The van der Waals surface area contributed by atoms with Gasteiger partial charge >= 0.3 is 0 Å². The summed E-state index contributed by atoms with van der Waals surface area (Å²) < 4.78 is 5.21. The van der Waals surface area contributed by atoms with Crippen LogP contribution in [0.4, 0.5) is 5.69 Å². The number of hydrogen-bond acceptors (Lipinski definition) is 3. The summed E-state index contributed by atoms with van der Waals surface area (Å²) in [4.78, 5) is 4.36. The Morgan fingerprint density at radius 2 is 2.11 bits per heavy atom. The number of methoxy groups -OCH3 is 1. The van der Waals surface area contributed by atoms with Crippen molar-refractivity contribution in [1.82, 2.24) is 4.98 Å². The molecule has 1 aromatic heterocycles. The minimum absolute atomic E-state index is 0.601. The van der Waals surface area contributed by atoms with Gasteiger partial charge in [-0.1, -0.05) is 17.7 Å². The fraction of sp³-hybridized carbons (Fsp3) is 0.214. The van der Waals surface area contributed by atoms with Crippen molar-refractivity contribution in [3.8, 4) is 17.0 Å². The number of pyridine rings is 1. The third-order valence-electron chi connectivity index (χ3n) is 2.59. The summed E-state index contributed by atoms with van der Waals surface area (Å²) in [6.45, 7) is 2.94. The van der Waals surface area contributed by atoms with Crippen LogP contribution in [0.1, 0.15) is 6.92 Å². The van der Waals surface area contributed by atoms with Crippen LogP contribution in [0.25, 0.3) is 11.3 Å². The molecule has 0 aliphatic heterocycles. The molecule has 0 aliphatic carbocycles. The molecule has 2 aromatic rings. The molecule has 0 saturated heterocycles. The molecule has 0 radical (unpaired) electrons. The minimum atomic E-state index is 0.601. The Hall–Kier alpha value is -1.74. The van der Waals surface area contributed by atoms with Gasteiger partial charge in [-0.15, -0.1) is 0 Å². The predicted molar refractivity (Wildman–Crippen MR) is 75.4 cm³/mol. The SMILES string of the molecule is CCNc1ccnc(-c2ccc(Cl)c(OC)c2)c1. The molecule has 0 spiro atoms. The number of halogens is 1. The molecule has 0 atom stereocenters. The first-order chi connectivity index (χ1) is 8.74. The smallest absolute Gasteiger partial charge is 0.138 e. The molecule has 0 saturated carbocycles. The van der Waals surface area contributed by atoms with E-state index in [4.69, 9.17) is 16.3 Å². The number of hydrogen-bond donors (Lipinski definition) is 1. The maximum Gasteiger partial charge on any atom is 0.138 e. The van der Waals surface area contributed by atoms with Crippen molar-refractivity contribution in [3.05, 3.63) is 41.6 Å². The summed E-state index contributed by atoms with van der Waals surface area (Å²) in [5.74, 6) is 0.657. The second-order valence-corrected chi connectivity index (χ2v) is 4.22. The highest BCUT2D eigenvalue weighted by atomic mass is 35.5. The molecule has 18 heavy (non-hydrogen) atoms. The van der Waals surface area contributed by atoms with Crippen molar-refractivity contribution in [1.29, 1.82) is 0 Å². The summed E-state index contributed by atoms with van der Waals surface area (Å²) in [6, 6.07) is 9.59. The van der Waals surface area contributed by atoms with Crippen molar-refractivity contribution in [2.75, 3.05) is 19.0 Å². The number of nitrogens with one attached hydrogen (secondary N) is 1. The zero-order valence-electron chi connectivity index (χ0n) is 10.4. The first kappa shape index (κ1) is 12.7. The van der Waals surface area contributed by atoms with Gasteiger partial charge in [-0.2, -0.15) is 0 Å². The fourth-order valence-corrected chi connectivity index (χ4v) is 1.92. The molecule has 0 amide bonds. The molecule has 3 nitrogen and oxygen atoms in total. The zero-order valence-corrected chi connectivity index (χ0v) is 11.2.